The molecule has 0 amide bonds. The minimum absolute atomic E-state index is 0.602. The van der Waals surface area contributed by atoms with Gasteiger partial charge in [-0.1, -0.05) is 13.2 Å². The molecule has 1 aliphatic rings. The van der Waals surface area contributed by atoms with Crippen LogP contribution in [0.1, 0.15) is 23.6 Å². The van der Waals surface area contributed by atoms with Crippen LogP contribution in [0.5, 0.6) is 0 Å². The number of H-pyrrole nitrogens is 1. The lowest BCUT2D eigenvalue weighted by molar-refractivity contribution is 0.752. The first-order valence-corrected chi connectivity index (χ1v) is 6.56. The fourth-order valence-corrected chi connectivity index (χ4v) is 2.21. The summed E-state index contributed by atoms with van der Waals surface area (Å²) in [5, 5.41) is 0. The number of aromatic amines is 1. The lowest BCUT2D eigenvalue weighted by Gasteiger charge is -1.97. The second kappa shape index (κ2) is 6.60. The maximum Gasteiger partial charge on any atom is 0.176 e. The van der Waals surface area contributed by atoms with Crippen molar-refractivity contribution in [1.82, 2.24) is 19.5 Å². The van der Waals surface area contributed by atoms with Crippen molar-refractivity contribution in [2.24, 2.45) is 9.98 Å². The second-order valence-corrected chi connectivity index (χ2v) is 4.36. The molecular weight excluding hydrogens is 264 g/mol. The zero-order chi connectivity index (χ0) is 15.2. The molecule has 0 fully saturated rings. The van der Waals surface area contributed by atoms with Crippen molar-refractivity contribution in [1.29, 1.82) is 0 Å². The topological polar surface area (TPSA) is 71.2 Å². The van der Waals surface area contributed by atoms with Crippen molar-refractivity contribution in [3.05, 3.63) is 36.7 Å². The highest BCUT2D eigenvalue weighted by atomic mass is 15.2. The van der Waals surface area contributed by atoms with E-state index in [0.29, 0.717) is 5.82 Å². The minimum atomic E-state index is 0.602. The quantitative estimate of drug-likeness (QED) is 0.875. The van der Waals surface area contributed by atoms with Gasteiger partial charge in [0.05, 0.1) is 12.0 Å². The molecule has 108 valence electrons. The van der Waals surface area contributed by atoms with Crippen molar-refractivity contribution in [2.75, 3.05) is 0 Å². The molecule has 6 nitrogen and oxygen atoms in total. The van der Waals surface area contributed by atoms with Crippen LogP contribution in [-0.4, -0.2) is 33.0 Å². The normalized spacial score (nSPS) is 12.0. The molecule has 21 heavy (non-hydrogen) atoms. The maximum absolute atomic E-state index is 4.39. The van der Waals surface area contributed by atoms with E-state index in [-0.39, 0.29) is 0 Å². The van der Waals surface area contributed by atoms with Crippen molar-refractivity contribution < 1.29 is 0 Å². The molecule has 0 aliphatic carbocycles. The Balaban J connectivity index is 0.000000161. The van der Waals surface area contributed by atoms with Crippen LogP contribution < -0.4 is 0 Å². The SMILES string of the molecule is C=Cc1[nH]cnc1N=C.C=Cc1nc2n(c1N=C)CCC2. The number of aliphatic imine (C=N–C) groups is 2. The Morgan fingerprint density at radius 2 is 2.05 bits per heavy atom. The minimum Gasteiger partial charge on any atom is -0.343 e. The molecule has 0 atom stereocenters. The lowest BCUT2D eigenvalue weighted by atomic mass is 10.3. The molecule has 0 aromatic carbocycles. The Hall–Kier alpha value is -2.76. The maximum atomic E-state index is 4.39. The molecule has 0 saturated heterocycles. The van der Waals surface area contributed by atoms with Gasteiger partial charge in [0.25, 0.3) is 0 Å². The second-order valence-electron chi connectivity index (χ2n) is 4.36. The average Bonchev–Trinajstić information content (AvgIpc) is 3.21. The van der Waals surface area contributed by atoms with Crippen LogP contribution in [0, 0.1) is 0 Å². The Kier molecular flexibility index (Phi) is 4.61. The summed E-state index contributed by atoms with van der Waals surface area (Å²) in [5.74, 6) is 2.59. The largest absolute Gasteiger partial charge is 0.343 e. The first-order chi connectivity index (χ1) is 10.2. The third-order valence-corrected chi connectivity index (χ3v) is 3.17. The number of nitrogens with zero attached hydrogens (tertiary/aromatic N) is 5. The molecule has 0 saturated carbocycles. The van der Waals surface area contributed by atoms with E-state index < -0.39 is 0 Å². The van der Waals surface area contributed by atoms with E-state index in [9.17, 15) is 0 Å². The van der Waals surface area contributed by atoms with Gasteiger partial charge in [0.2, 0.25) is 0 Å². The highest BCUT2D eigenvalue weighted by Gasteiger charge is 2.18. The number of nitrogens with one attached hydrogen (secondary N) is 1. The van der Waals surface area contributed by atoms with Crippen LogP contribution in [0.15, 0.2) is 29.5 Å². The fraction of sp³-hybridized carbons (Fsp3) is 0.200. The summed E-state index contributed by atoms with van der Waals surface area (Å²) in [5.41, 5.74) is 1.67. The van der Waals surface area contributed by atoms with Gasteiger partial charge in [-0.2, -0.15) is 0 Å². The van der Waals surface area contributed by atoms with Gasteiger partial charge in [-0.25, -0.2) is 20.0 Å². The number of aryl methyl sites for hydroxylation is 1. The predicted octanol–water partition coefficient (Wildman–Crippen LogP) is 3.19. The van der Waals surface area contributed by atoms with E-state index in [4.69, 9.17) is 0 Å². The number of fused-ring (bicyclic) bond motifs is 1. The van der Waals surface area contributed by atoms with Crippen molar-refractivity contribution >= 4 is 37.2 Å². The highest BCUT2D eigenvalue weighted by molar-refractivity contribution is 5.59. The van der Waals surface area contributed by atoms with Crippen LogP contribution in [-0.2, 0) is 13.0 Å². The van der Waals surface area contributed by atoms with E-state index in [1.807, 2.05) is 0 Å². The molecule has 1 N–H and O–H groups in total. The summed E-state index contributed by atoms with van der Waals surface area (Å²) in [6.45, 7) is 15.1. The summed E-state index contributed by atoms with van der Waals surface area (Å²) in [6, 6.07) is 0. The fourth-order valence-electron chi connectivity index (χ4n) is 2.21. The van der Waals surface area contributed by atoms with Crippen LogP contribution in [0.25, 0.3) is 12.2 Å². The third-order valence-electron chi connectivity index (χ3n) is 3.17. The molecule has 6 heteroatoms. The Labute approximate surface area is 123 Å². The van der Waals surface area contributed by atoms with Gasteiger partial charge in [0.15, 0.2) is 11.6 Å². The van der Waals surface area contributed by atoms with E-state index >= 15 is 0 Å². The summed E-state index contributed by atoms with van der Waals surface area (Å²) in [6.07, 6.45) is 7.16. The summed E-state index contributed by atoms with van der Waals surface area (Å²) >= 11 is 0. The van der Waals surface area contributed by atoms with Gasteiger partial charge in [-0.3, -0.25) is 0 Å². The molecule has 3 rings (SSSR count). The van der Waals surface area contributed by atoms with E-state index in [0.717, 1.165) is 36.0 Å². The summed E-state index contributed by atoms with van der Waals surface area (Å²) in [4.78, 5) is 18.7. The van der Waals surface area contributed by atoms with Crippen molar-refractivity contribution in [3.8, 4) is 0 Å². The van der Waals surface area contributed by atoms with Gasteiger partial charge in [-0.05, 0) is 32.0 Å². The van der Waals surface area contributed by atoms with Gasteiger partial charge >= 0.3 is 0 Å². The standard InChI is InChI=1S/C9H11N3.C6H7N3/c1-3-7-9(10-2)12-6-4-5-8(12)11-7;1-3-5-6(7-2)9-4-8-5/h3H,1-2,4-6H2;3-4H,1-2H2,(H,8,9). The molecule has 2 aromatic heterocycles. The molecule has 1 aliphatic heterocycles. The molecule has 0 radical (unpaired) electrons. The van der Waals surface area contributed by atoms with Gasteiger partial charge in [0.1, 0.15) is 11.5 Å². The average molecular weight is 282 g/mol. The number of imidazole rings is 2. The molecule has 0 spiro atoms. The molecule has 0 bridgehead atoms. The summed E-state index contributed by atoms with van der Waals surface area (Å²) in [7, 11) is 0. The zero-order valence-electron chi connectivity index (χ0n) is 11.9. The van der Waals surface area contributed by atoms with E-state index in [1.165, 1.54) is 6.42 Å². The number of hydrogen-bond acceptors (Lipinski definition) is 4. The van der Waals surface area contributed by atoms with Gasteiger partial charge < -0.3 is 9.55 Å². The molecule has 2 aromatic rings. The van der Waals surface area contributed by atoms with Gasteiger partial charge in [0, 0.05) is 13.0 Å². The molecule has 0 unspecified atom stereocenters. The van der Waals surface area contributed by atoms with E-state index in [2.05, 4.69) is 56.1 Å². The van der Waals surface area contributed by atoms with E-state index in [1.54, 1.807) is 18.5 Å². The molecule has 3 heterocycles. The first kappa shape index (κ1) is 14.6. The smallest absolute Gasteiger partial charge is 0.176 e. The van der Waals surface area contributed by atoms with Crippen LogP contribution in [0.4, 0.5) is 11.6 Å². The summed E-state index contributed by atoms with van der Waals surface area (Å²) < 4.78 is 2.12. The predicted molar refractivity (Wildman–Crippen MR) is 87.7 cm³/mol. The number of rotatable bonds is 4. The number of aromatic nitrogens is 4. The van der Waals surface area contributed by atoms with Crippen LogP contribution >= 0.6 is 0 Å². The van der Waals surface area contributed by atoms with Crippen LogP contribution in [0.2, 0.25) is 0 Å². The third kappa shape index (κ3) is 2.89. The highest BCUT2D eigenvalue weighted by Crippen LogP contribution is 2.26. The zero-order valence-corrected chi connectivity index (χ0v) is 11.9. The first-order valence-electron chi connectivity index (χ1n) is 6.56. The Morgan fingerprint density at radius 3 is 2.62 bits per heavy atom. The lowest BCUT2D eigenvalue weighted by Crippen LogP contribution is -1.90. The van der Waals surface area contributed by atoms with Crippen LogP contribution in [0.3, 0.4) is 0 Å². The monoisotopic (exact) mass is 282 g/mol. The van der Waals surface area contributed by atoms with Gasteiger partial charge in [-0.15, -0.1) is 0 Å². The number of hydrogen-bond donors (Lipinski definition) is 1. The Morgan fingerprint density at radius 1 is 1.24 bits per heavy atom. The Bertz CT molecular complexity index is 654. The van der Waals surface area contributed by atoms with Crippen molar-refractivity contribution in [3.63, 3.8) is 0 Å². The molecular formula is C15H18N6. The van der Waals surface area contributed by atoms with Crippen molar-refractivity contribution in [2.45, 2.75) is 19.4 Å².